The van der Waals surface area contributed by atoms with Crippen molar-refractivity contribution in [3.8, 4) is 11.5 Å². The van der Waals surface area contributed by atoms with Crippen LogP contribution in [-0.2, 0) is 0 Å². The van der Waals surface area contributed by atoms with Crippen molar-refractivity contribution >= 4 is 23.5 Å². The lowest BCUT2D eigenvalue weighted by Crippen LogP contribution is -2.21. The molecule has 4 rings (SSSR count). The van der Waals surface area contributed by atoms with Crippen LogP contribution in [0.15, 0.2) is 71.0 Å². The molecule has 6 nitrogen and oxygen atoms in total. The van der Waals surface area contributed by atoms with Gasteiger partial charge in [0.15, 0.2) is 5.76 Å². The highest BCUT2D eigenvalue weighted by atomic mass is 16.5. The van der Waals surface area contributed by atoms with Crippen LogP contribution in [0.4, 0.5) is 5.69 Å². The molecule has 0 amide bonds. The van der Waals surface area contributed by atoms with Gasteiger partial charge < -0.3 is 18.8 Å². The number of anilines is 1. The standard InChI is InChI=1S/C24H21NO5/c1-3-25(4-2)17-9-7-16(8-10-17)14-22-23(26)19-12-11-18(15-21(19)30-22)29-24(27)20-6-5-13-28-20/h5-15H,3-4H2,1-2H3/b22-14-. The number of furan rings is 1. The summed E-state index contributed by atoms with van der Waals surface area (Å²) < 4.78 is 16.1. The van der Waals surface area contributed by atoms with Crippen molar-refractivity contribution in [2.24, 2.45) is 0 Å². The third-order valence-corrected chi connectivity index (χ3v) is 4.89. The zero-order valence-corrected chi connectivity index (χ0v) is 16.8. The van der Waals surface area contributed by atoms with Gasteiger partial charge in [0, 0.05) is 24.8 Å². The lowest BCUT2D eigenvalue weighted by atomic mass is 10.1. The van der Waals surface area contributed by atoms with Gasteiger partial charge in [0.1, 0.15) is 11.5 Å². The van der Waals surface area contributed by atoms with E-state index < -0.39 is 5.97 Å². The van der Waals surface area contributed by atoms with Crippen molar-refractivity contribution in [2.45, 2.75) is 13.8 Å². The van der Waals surface area contributed by atoms with Crippen LogP contribution in [0.1, 0.15) is 40.3 Å². The monoisotopic (exact) mass is 403 g/mol. The van der Waals surface area contributed by atoms with Crippen molar-refractivity contribution < 1.29 is 23.5 Å². The van der Waals surface area contributed by atoms with Crippen LogP contribution in [0.25, 0.3) is 6.08 Å². The topological polar surface area (TPSA) is 69.0 Å². The fourth-order valence-corrected chi connectivity index (χ4v) is 3.30. The maximum atomic E-state index is 12.7. The zero-order chi connectivity index (χ0) is 21.1. The van der Waals surface area contributed by atoms with Crippen molar-refractivity contribution in [3.05, 3.63) is 83.5 Å². The molecule has 0 saturated heterocycles. The Balaban J connectivity index is 1.51. The molecule has 1 aliphatic heterocycles. The fraction of sp³-hybridized carbons (Fsp3) is 0.167. The highest BCUT2D eigenvalue weighted by molar-refractivity contribution is 6.14. The number of benzene rings is 2. The lowest BCUT2D eigenvalue weighted by Gasteiger charge is -2.20. The fourth-order valence-electron chi connectivity index (χ4n) is 3.30. The Kier molecular flexibility index (Phi) is 5.39. The van der Waals surface area contributed by atoms with Crippen LogP contribution in [0, 0.1) is 0 Å². The number of hydrogen-bond donors (Lipinski definition) is 0. The van der Waals surface area contributed by atoms with E-state index in [1.54, 1.807) is 24.3 Å². The number of allylic oxidation sites excluding steroid dienone is 1. The van der Waals surface area contributed by atoms with E-state index in [2.05, 4.69) is 18.7 Å². The van der Waals surface area contributed by atoms with Gasteiger partial charge in [0.05, 0.1) is 11.8 Å². The van der Waals surface area contributed by atoms with Crippen LogP contribution in [0.2, 0.25) is 0 Å². The van der Waals surface area contributed by atoms with Gasteiger partial charge in [0.2, 0.25) is 11.5 Å². The van der Waals surface area contributed by atoms with Gasteiger partial charge in [-0.15, -0.1) is 0 Å². The van der Waals surface area contributed by atoms with Gasteiger partial charge in [0.25, 0.3) is 0 Å². The first kappa shape index (κ1) is 19.5. The molecule has 0 saturated carbocycles. The molecule has 0 atom stereocenters. The largest absolute Gasteiger partial charge is 0.457 e. The molecule has 2 aromatic carbocycles. The first-order valence-electron chi connectivity index (χ1n) is 9.78. The van der Waals surface area contributed by atoms with Gasteiger partial charge in [-0.25, -0.2) is 4.79 Å². The first-order valence-corrected chi connectivity index (χ1v) is 9.78. The third kappa shape index (κ3) is 3.85. The highest BCUT2D eigenvalue weighted by Gasteiger charge is 2.28. The Labute approximate surface area is 174 Å². The molecule has 0 aliphatic carbocycles. The first-order chi connectivity index (χ1) is 14.6. The molecule has 2 heterocycles. The second kappa shape index (κ2) is 8.29. The summed E-state index contributed by atoms with van der Waals surface area (Å²) in [5.74, 6) is 0.134. The Bertz CT molecular complexity index is 1090. The van der Waals surface area contributed by atoms with E-state index in [-0.39, 0.29) is 23.1 Å². The van der Waals surface area contributed by atoms with Crippen molar-refractivity contribution in [3.63, 3.8) is 0 Å². The number of rotatable bonds is 6. The van der Waals surface area contributed by atoms with Crippen LogP contribution in [-0.4, -0.2) is 24.8 Å². The average molecular weight is 403 g/mol. The average Bonchev–Trinajstić information content (AvgIpc) is 3.39. The number of carbonyl (C=O) groups excluding carboxylic acids is 2. The third-order valence-electron chi connectivity index (χ3n) is 4.89. The number of carbonyl (C=O) groups is 2. The Morgan fingerprint density at radius 1 is 1.07 bits per heavy atom. The van der Waals surface area contributed by atoms with Crippen molar-refractivity contribution in [1.29, 1.82) is 0 Å². The Hall–Kier alpha value is -3.80. The highest BCUT2D eigenvalue weighted by Crippen LogP contribution is 2.35. The van der Waals surface area contributed by atoms with Crippen LogP contribution < -0.4 is 14.4 Å². The Morgan fingerprint density at radius 2 is 1.83 bits per heavy atom. The molecule has 0 fully saturated rings. The molecule has 0 N–H and O–H groups in total. The number of Topliss-reactive ketones (excluding diaryl/α,β-unsaturated/α-hetero) is 1. The summed E-state index contributed by atoms with van der Waals surface area (Å²) in [5.41, 5.74) is 2.43. The summed E-state index contributed by atoms with van der Waals surface area (Å²) in [7, 11) is 0. The maximum absolute atomic E-state index is 12.7. The summed E-state index contributed by atoms with van der Waals surface area (Å²) in [6.45, 7) is 6.09. The van der Waals surface area contributed by atoms with Crippen LogP contribution in [0.3, 0.4) is 0 Å². The van der Waals surface area contributed by atoms with E-state index in [9.17, 15) is 9.59 Å². The van der Waals surface area contributed by atoms with Gasteiger partial charge >= 0.3 is 5.97 Å². The molecule has 6 heteroatoms. The maximum Gasteiger partial charge on any atom is 0.379 e. The second-order valence-corrected chi connectivity index (χ2v) is 6.73. The zero-order valence-electron chi connectivity index (χ0n) is 16.8. The van der Waals surface area contributed by atoms with E-state index in [0.29, 0.717) is 11.3 Å². The van der Waals surface area contributed by atoms with Crippen LogP contribution in [0.5, 0.6) is 11.5 Å². The number of fused-ring (bicyclic) bond motifs is 1. The molecule has 1 aliphatic rings. The minimum atomic E-state index is -0.617. The summed E-state index contributed by atoms with van der Waals surface area (Å²) in [5, 5.41) is 0. The van der Waals surface area contributed by atoms with E-state index >= 15 is 0 Å². The van der Waals surface area contributed by atoms with Crippen molar-refractivity contribution in [1.82, 2.24) is 0 Å². The molecule has 3 aromatic rings. The molecule has 0 spiro atoms. The molecule has 0 radical (unpaired) electrons. The second-order valence-electron chi connectivity index (χ2n) is 6.73. The molecule has 30 heavy (non-hydrogen) atoms. The van der Waals surface area contributed by atoms with Gasteiger partial charge in [-0.2, -0.15) is 0 Å². The van der Waals surface area contributed by atoms with Gasteiger partial charge in [-0.05, 0) is 61.9 Å². The number of esters is 1. The molecular weight excluding hydrogens is 382 g/mol. The van der Waals surface area contributed by atoms with E-state index in [0.717, 1.165) is 24.3 Å². The molecular formula is C24H21NO5. The number of nitrogens with zero attached hydrogens (tertiary/aromatic N) is 1. The predicted octanol–water partition coefficient (Wildman–Crippen LogP) is 4.96. The van der Waals surface area contributed by atoms with E-state index in [1.807, 2.05) is 24.3 Å². The van der Waals surface area contributed by atoms with Crippen LogP contribution >= 0.6 is 0 Å². The summed E-state index contributed by atoms with van der Waals surface area (Å²) in [6, 6.07) is 15.8. The summed E-state index contributed by atoms with van der Waals surface area (Å²) >= 11 is 0. The minimum Gasteiger partial charge on any atom is -0.457 e. The van der Waals surface area contributed by atoms with Gasteiger partial charge in [-0.3, -0.25) is 4.79 Å². The normalized spacial score (nSPS) is 13.8. The SMILES string of the molecule is CCN(CC)c1ccc(/C=C2\Oc3cc(OC(=O)c4ccco4)ccc3C2=O)cc1. The van der Waals surface area contributed by atoms with Gasteiger partial charge in [-0.1, -0.05) is 12.1 Å². The van der Waals surface area contributed by atoms with Crippen molar-refractivity contribution in [2.75, 3.05) is 18.0 Å². The molecule has 0 unspecified atom stereocenters. The quantitative estimate of drug-likeness (QED) is 0.329. The predicted molar refractivity (Wildman–Crippen MR) is 113 cm³/mol. The molecule has 152 valence electrons. The summed E-state index contributed by atoms with van der Waals surface area (Å²) in [6.07, 6.45) is 3.11. The smallest absolute Gasteiger partial charge is 0.379 e. The van der Waals surface area contributed by atoms with E-state index in [4.69, 9.17) is 13.9 Å². The summed E-state index contributed by atoms with van der Waals surface area (Å²) in [4.78, 5) is 26.9. The number of hydrogen-bond acceptors (Lipinski definition) is 6. The molecule has 1 aromatic heterocycles. The number of ether oxygens (including phenoxy) is 2. The minimum absolute atomic E-state index is 0.0984. The number of ketones is 1. The molecule has 0 bridgehead atoms. The van der Waals surface area contributed by atoms with E-state index in [1.165, 1.54) is 18.4 Å². The lowest BCUT2D eigenvalue weighted by molar-refractivity contribution is 0.0701. The Morgan fingerprint density at radius 3 is 2.50 bits per heavy atom.